The first-order chi connectivity index (χ1) is 12.2. The van der Waals surface area contributed by atoms with Crippen LogP contribution in [-0.4, -0.2) is 63.9 Å². The molecule has 1 saturated heterocycles. The van der Waals surface area contributed by atoms with Crippen molar-refractivity contribution in [2.24, 2.45) is 0 Å². The van der Waals surface area contributed by atoms with Gasteiger partial charge in [-0.15, -0.1) is 0 Å². The van der Waals surface area contributed by atoms with E-state index in [0.717, 1.165) is 0 Å². The Labute approximate surface area is 158 Å². The minimum absolute atomic E-state index is 0.113. The summed E-state index contributed by atoms with van der Waals surface area (Å²) in [7, 11) is 0. The van der Waals surface area contributed by atoms with Gasteiger partial charge in [0.2, 0.25) is 0 Å². The summed E-state index contributed by atoms with van der Waals surface area (Å²) in [6, 6.07) is -0.630. The largest absolute Gasteiger partial charge is 0.473 e. The fraction of sp³-hybridized carbons (Fsp3) is 0.778. The van der Waals surface area contributed by atoms with Crippen LogP contribution in [0.3, 0.4) is 0 Å². The molecule has 1 N–H and O–H groups in total. The topological polar surface area (TPSA) is 119 Å². The SMILES string of the molecule is CC(C)(C)OC(=O)C[C@@H]1C[C@H](OC(=O)C(=O)O)CCN1C(=O)OC(C)(C)C. The van der Waals surface area contributed by atoms with E-state index in [-0.39, 0.29) is 25.8 Å². The molecule has 1 rings (SSSR count). The van der Waals surface area contributed by atoms with E-state index in [0.29, 0.717) is 0 Å². The van der Waals surface area contributed by atoms with Crippen LogP contribution in [0.5, 0.6) is 0 Å². The van der Waals surface area contributed by atoms with Gasteiger partial charge in [0, 0.05) is 25.4 Å². The molecule has 2 atom stereocenters. The third-order valence-corrected chi connectivity index (χ3v) is 3.57. The number of aliphatic carboxylic acids is 1. The number of carboxylic acids is 1. The molecule has 0 aromatic rings. The van der Waals surface area contributed by atoms with Gasteiger partial charge in [-0.25, -0.2) is 14.4 Å². The zero-order chi connectivity index (χ0) is 21.0. The molecule has 9 heteroatoms. The van der Waals surface area contributed by atoms with Crippen LogP contribution >= 0.6 is 0 Å². The Balaban J connectivity index is 2.89. The molecule has 1 aliphatic heterocycles. The Morgan fingerprint density at radius 2 is 1.56 bits per heavy atom. The van der Waals surface area contributed by atoms with Crippen LogP contribution in [0.25, 0.3) is 0 Å². The monoisotopic (exact) mass is 387 g/mol. The molecule has 0 aromatic heterocycles. The molecule has 1 heterocycles. The quantitative estimate of drug-likeness (QED) is 0.444. The van der Waals surface area contributed by atoms with Crippen LogP contribution in [0.1, 0.15) is 60.8 Å². The van der Waals surface area contributed by atoms with Crippen molar-refractivity contribution in [2.75, 3.05) is 6.54 Å². The Kier molecular flexibility index (Phi) is 7.22. The maximum absolute atomic E-state index is 12.5. The Morgan fingerprint density at radius 3 is 2.04 bits per heavy atom. The van der Waals surface area contributed by atoms with Crippen LogP contribution in [0.2, 0.25) is 0 Å². The van der Waals surface area contributed by atoms with Crippen LogP contribution in [0.4, 0.5) is 4.79 Å². The second-order valence-corrected chi connectivity index (χ2v) is 8.47. The van der Waals surface area contributed by atoms with Crippen molar-refractivity contribution < 1.29 is 38.5 Å². The highest BCUT2D eigenvalue weighted by atomic mass is 16.6. The van der Waals surface area contributed by atoms with Gasteiger partial charge in [-0.3, -0.25) is 4.79 Å². The van der Waals surface area contributed by atoms with Gasteiger partial charge in [0.05, 0.1) is 6.42 Å². The summed E-state index contributed by atoms with van der Waals surface area (Å²) >= 11 is 0. The lowest BCUT2D eigenvalue weighted by Crippen LogP contribution is -2.51. The maximum atomic E-state index is 12.5. The third kappa shape index (κ3) is 8.27. The molecule has 0 bridgehead atoms. The summed E-state index contributed by atoms with van der Waals surface area (Å²) in [6.07, 6.45) is -1.03. The van der Waals surface area contributed by atoms with Gasteiger partial charge < -0.3 is 24.2 Å². The van der Waals surface area contributed by atoms with E-state index in [1.54, 1.807) is 41.5 Å². The molecule has 1 amide bonds. The zero-order valence-electron chi connectivity index (χ0n) is 16.7. The number of hydrogen-bond donors (Lipinski definition) is 1. The molecule has 0 radical (unpaired) electrons. The van der Waals surface area contributed by atoms with Gasteiger partial charge in [-0.05, 0) is 41.5 Å². The number of ether oxygens (including phenoxy) is 3. The number of esters is 2. The van der Waals surface area contributed by atoms with Crippen LogP contribution in [0.15, 0.2) is 0 Å². The normalized spacial score (nSPS) is 20.6. The molecular weight excluding hydrogens is 358 g/mol. The van der Waals surface area contributed by atoms with E-state index in [1.165, 1.54) is 4.90 Å². The van der Waals surface area contributed by atoms with Gasteiger partial charge in [0.15, 0.2) is 0 Å². The van der Waals surface area contributed by atoms with Crippen LogP contribution < -0.4 is 0 Å². The fourth-order valence-electron chi connectivity index (χ4n) is 2.65. The number of likely N-dealkylation sites (tertiary alicyclic amines) is 1. The van der Waals surface area contributed by atoms with Gasteiger partial charge >= 0.3 is 24.0 Å². The number of carbonyl (C=O) groups excluding carboxylic acids is 3. The molecule has 1 aliphatic rings. The average molecular weight is 387 g/mol. The van der Waals surface area contributed by atoms with Gasteiger partial charge in [-0.2, -0.15) is 0 Å². The second-order valence-electron chi connectivity index (χ2n) is 8.47. The predicted molar refractivity (Wildman–Crippen MR) is 93.9 cm³/mol. The van der Waals surface area contributed by atoms with E-state index >= 15 is 0 Å². The molecule has 27 heavy (non-hydrogen) atoms. The van der Waals surface area contributed by atoms with E-state index in [2.05, 4.69) is 0 Å². The van der Waals surface area contributed by atoms with Crippen molar-refractivity contribution >= 4 is 24.0 Å². The number of carboxylic acid groups (broad SMARTS) is 1. The first-order valence-electron chi connectivity index (χ1n) is 8.83. The molecule has 9 nitrogen and oxygen atoms in total. The summed E-state index contributed by atoms with van der Waals surface area (Å²) in [5.74, 6) is -3.55. The minimum atomic E-state index is -1.69. The molecule has 0 aromatic carbocycles. The molecule has 154 valence electrons. The summed E-state index contributed by atoms with van der Waals surface area (Å²) < 4.78 is 15.6. The maximum Gasteiger partial charge on any atom is 0.417 e. The highest BCUT2D eigenvalue weighted by Gasteiger charge is 2.38. The first-order valence-corrected chi connectivity index (χ1v) is 8.83. The van der Waals surface area contributed by atoms with Gasteiger partial charge in [-0.1, -0.05) is 0 Å². The molecule has 1 fully saturated rings. The van der Waals surface area contributed by atoms with Gasteiger partial charge in [0.25, 0.3) is 0 Å². The Bertz CT molecular complexity index is 587. The summed E-state index contributed by atoms with van der Waals surface area (Å²) in [5.41, 5.74) is -1.39. The van der Waals surface area contributed by atoms with Crippen molar-refractivity contribution in [3.05, 3.63) is 0 Å². The van der Waals surface area contributed by atoms with Crippen LogP contribution in [-0.2, 0) is 28.6 Å². The zero-order valence-corrected chi connectivity index (χ0v) is 16.7. The minimum Gasteiger partial charge on any atom is -0.473 e. The van der Waals surface area contributed by atoms with Crippen molar-refractivity contribution in [1.29, 1.82) is 0 Å². The van der Waals surface area contributed by atoms with Crippen molar-refractivity contribution in [2.45, 2.75) is 84.2 Å². The number of nitrogens with zero attached hydrogens (tertiary/aromatic N) is 1. The van der Waals surface area contributed by atoms with E-state index in [9.17, 15) is 19.2 Å². The molecule has 0 aliphatic carbocycles. The number of piperidine rings is 1. The standard InChI is InChI=1S/C18H29NO8/c1-17(2,3)26-13(20)10-11-9-12(25-15(23)14(21)22)7-8-19(11)16(24)27-18(4,5)6/h11-12H,7-10H2,1-6H3,(H,21,22)/t11-,12+/m0/s1. The smallest absolute Gasteiger partial charge is 0.417 e. The number of hydrogen-bond acceptors (Lipinski definition) is 7. The number of rotatable bonds is 3. The summed E-state index contributed by atoms with van der Waals surface area (Å²) in [4.78, 5) is 48.1. The van der Waals surface area contributed by atoms with E-state index < -0.39 is 47.3 Å². The first kappa shape index (κ1) is 22.7. The van der Waals surface area contributed by atoms with Crippen molar-refractivity contribution in [3.63, 3.8) is 0 Å². The molecule has 0 saturated carbocycles. The van der Waals surface area contributed by atoms with Crippen molar-refractivity contribution in [3.8, 4) is 0 Å². The summed E-state index contributed by atoms with van der Waals surface area (Å²) in [5, 5.41) is 8.69. The van der Waals surface area contributed by atoms with E-state index in [1.807, 2.05) is 0 Å². The lowest BCUT2D eigenvalue weighted by atomic mass is 9.97. The van der Waals surface area contributed by atoms with Crippen molar-refractivity contribution in [1.82, 2.24) is 4.90 Å². The lowest BCUT2D eigenvalue weighted by molar-refractivity contribution is -0.170. The third-order valence-electron chi connectivity index (χ3n) is 3.57. The Hall–Kier alpha value is -2.32. The van der Waals surface area contributed by atoms with Gasteiger partial charge in [0.1, 0.15) is 17.3 Å². The number of amides is 1. The average Bonchev–Trinajstić information content (AvgIpc) is 2.43. The predicted octanol–water partition coefficient (Wildman–Crippen LogP) is 2.11. The highest BCUT2D eigenvalue weighted by Crippen LogP contribution is 2.26. The fourth-order valence-corrected chi connectivity index (χ4v) is 2.65. The highest BCUT2D eigenvalue weighted by molar-refractivity contribution is 6.28. The second kappa shape index (κ2) is 8.58. The summed E-state index contributed by atoms with van der Waals surface area (Å²) in [6.45, 7) is 10.6. The molecule has 0 unspecified atom stereocenters. The Morgan fingerprint density at radius 1 is 1.00 bits per heavy atom. The molecular formula is C18H29NO8. The molecule has 0 spiro atoms. The van der Waals surface area contributed by atoms with E-state index in [4.69, 9.17) is 19.3 Å². The lowest BCUT2D eigenvalue weighted by Gasteiger charge is -2.39. The number of carbonyl (C=O) groups is 4. The van der Waals surface area contributed by atoms with Crippen LogP contribution in [0, 0.1) is 0 Å².